The maximum Gasteiger partial charge on any atom is 0.274 e. The van der Waals surface area contributed by atoms with Crippen molar-refractivity contribution in [3.63, 3.8) is 0 Å². The van der Waals surface area contributed by atoms with Gasteiger partial charge in [0.1, 0.15) is 11.6 Å². The SMILES string of the molecule is O=C(c1nc(C2CC2)n2ccccc12)N1CCCC(CN2CCN(c3ccccn3)CC2)C1. The zero-order valence-corrected chi connectivity index (χ0v) is 19.1. The molecule has 3 aromatic rings. The van der Waals surface area contributed by atoms with Crippen LogP contribution in [0.1, 0.15) is 47.9 Å². The first-order valence-corrected chi connectivity index (χ1v) is 12.4. The van der Waals surface area contributed by atoms with Gasteiger partial charge in [-0.2, -0.15) is 0 Å². The van der Waals surface area contributed by atoms with Gasteiger partial charge in [-0.05, 0) is 55.9 Å². The second-order valence-corrected chi connectivity index (χ2v) is 9.78. The van der Waals surface area contributed by atoms with E-state index < -0.39 is 0 Å². The number of pyridine rings is 2. The first kappa shape index (κ1) is 20.7. The summed E-state index contributed by atoms with van der Waals surface area (Å²) in [6, 6.07) is 12.2. The molecular weight excluding hydrogens is 412 g/mol. The molecule has 5 heterocycles. The van der Waals surface area contributed by atoms with Crippen LogP contribution in [-0.2, 0) is 0 Å². The Morgan fingerprint density at radius 1 is 0.970 bits per heavy atom. The average Bonchev–Trinajstić information content (AvgIpc) is 3.65. The average molecular weight is 445 g/mol. The monoisotopic (exact) mass is 444 g/mol. The summed E-state index contributed by atoms with van der Waals surface area (Å²) in [5, 5.41) is 0. The highest BCUT2D eigenvalue weighted by atomic mass is 16.2. The van der Waals surface area contributed by atoms with Crippen molar-refractivity contribution in [1.82, 2.24) is 24.2 Å². The van der Waals surface area contributed by atoms with E-state index >= 15 is 0 Å². The van der Waals surface area contributed by atoms with Crippen molar-refractivity contribution in [1.29, 1.82) is 0 Å². The molecule has 2 saturated heterocycles. The van der Waals surface area contributed by atoms with Crippen molar-refractivity contribution in [2.45, 2.75) is 31.6 Å². The molecule has 0 bridgehead atoms. The largest absolute Gasteiger partial charge is 0.354 e. The van der Waals surface area contributed by atoms with E-state index in [1.165, 1.54) is 19.3 Å². The lowest BCUT2D eigenvalue weighted by atomic mass is 9.96. The summed E-state index contributed by atoms with van der Waals surface area (Å²) in [6.07, 6.45) is 8.55. The quantitative estimate of drug-likeness (QED) is 0.605. The van der Waals surface area contributed by atoms with Crippen LogP contribution in [0.15, 0.2) is 48.8 Å². The van der Waals surface area contributed by atoms with Gasteiger partial charge < -0.3 is 14.2 Å². The Bertz CT molecular complexity index is 1120. The first-order valence-electron chi connectivity index (χ1n) is 12.4. The van der Waals surface area contributed by atoms with Gasteiger partial charge in [-0.25, -0.2) is 9.97 Å². The highest BCUT2D eigenvalue weighted by Crippen LogP contribution is 2.40. The minimum Gasteiger partial charge on any atom is -0.354 e. The van der Waals surface area contributed by atoms with Crippen molar-refractivity contribution in [2.75, 3.05) is 50.7 Å². The summed E-state index contributed by atoms with van der Waals surface area (Å²) < 4.78 is 2.13. The minimum absolute atomic E-state index is 0.107. The minimum atomic E-state index is 0.107. The number of rotatable bonds is 5. The Labute approximate surface area is 195 Å². The van der Waals surface area contributed by atoms with E-state index in [1.807, 2.05) is 30.5 Å². The highest BCUT2D eigenvalue weighted by Gasteiger charge is 2.33. The normalized spacial score (nSPS) is 22.1. The van der Waals surface area contributed by atoms with Gasteiger partial charge in [0, 0.05) is 64.1 Å². The number of imidazole rings is 1. The summed E-state index contributed by atoms with van der Waals surface area (Å²) in [7, 11) is 0. The molecule has 7 heteroatoms. The van der Waals surface area contributed by atoms with Crippen molar-refractivity contribution in [2.24, 2.45) is 5.92 Å². The maximum atomic E-state index is 13.5. The third-order valence-electron chi connectivity index (χ3n) is 7.39. The Hall–Kier alpha value is -2.93. The smallest absolute Gasteiger partial charge is 0.274 e. The molecule has 33 heavy (non-hydrogen) atoms. The molecular formula is C26H32N6O. The molecule has 1 amide bonds. The van der Waals surface area contributed by atoms with Crippen LogP contribution in [0.3, 0.4) is 0 Å². The Morgan fingerprint density at radius 2 is 1.82 bits per heavy atom. The highest BCUT2D eigenvalue weighted by molar-refractivity contribution is 5.99. The lowest BCUT2D eigenvalue weighted by molar-refractivity contribution is 0.0634. The van der Waals surface area contributed by atoms with E-state index in [0.29, 0.717) is 17.5 Å². The first-order chi connectivity index (χ1) is 16.3. The molecule has 172 valence electrons. The van der Waals surface area contributed by atoms with Gasteiger partial charge in [-0.1, -0.05) is 12.1 Å². The van der Waals surface area contributed by atoms with Gasteiger partial charge >= 0.3 is 0 Å². The third-order valence-corrected chi connectivity index (χ3v) is 7.39. The topological polar surface area (TPSA) is 57.0 Å². The summed E-state index contributed by atoms with van der Waals surface area (Å²) in [6.45, 7) is 6.87. The zero-order valence-electron chi connectivity index (χ0n) is 19.1. The van der Waals surface area contributed by atoms with Crippen molar-refractivity contribution in [3.05, 3.63) is 60.3 Å². The summed E-state index contributed by atoms with van der Waals surface area (Å²) >= 11 is 0. The summed E-state index contributed by atoms with van der Waals surface area (Å²) in [5.41, 5.74) is 1.60. The van der Waals surface area contributed by atoms with Crippen molar-refractivity contribution < 1.29 is 4.79 Å². The summed E-state index contributed by atoms with van der Waals surface area (Å²) in [5.74, 6) is 3.29. The summed E-state index contributed by atoms with van der Waals surface area (Å²) in [4.78, 5) is 29.9. The van der Waals surface area contributed by atoms with E-state index in [0.717, 1.165) is 69.4 Å². The molecule has 0 spiro atoms. The van der Waals surface area contributed by atoms with Gasteiger partial charge in [-0.15, -0.1) is 0 Å². The van der Waals surface area contributed by atoms with Crippen LogP contribution in [0.4, 0.5) is 5.82 Å². The predicted molar refractivity (Wildman–Crippen MR) is 129 cm³/mol. The number of aromatic nitrogens is 3. The molecule has 1 atom stereocenters. The number of hydrogen-bond donors (Lipinski definition) is 0. The van der Waals surface area contributed by atoms with E-state index in [9.17, 15) is 4.79 Å². The fourth-order valence-corrected chi connectivity index (χ4v) is 5.46. The van der Waals surface area contributed by atoms with Gasteiger partial charge in [0.25, 0.3) is 5.91 Å². The van der Waals surface area contributed by atoms with Crippen LogP contribution in [-0.4, -0.2) is 75.9 Å². The molecule has 1 unspecified atom stereocenters. The molecule has 0 N–H and O–H groups in total. The molecule has 1 saturated carbocycles. The second kappa shape index (κ2) is 8.78. The Kier molecular flexibility index (Phi) is 5.50. The molecule has 2 aliphatic heterocycles. The third kappa shape index (κ3) is 4.22. The number of piperidine rings is 1. The van der Waals surface area contributed by atoms with E-state index in [1.54, 1.807) is 0 Å². The number of anilines is 1. The molecule has 6 rings (SSSR count). The molecule has 0 aromatic carbocycles. The van der Waals surface area contributed by atoms with Crippen LogP contribution in [0, 0.1) is 5.92 Å². The van der Waals surface area contributed by atoms with Gasteiger partial charge in [0.2, 0.25) is 0 Å². The van der Waals surface area contributed by atoms with Gasteiger partial charge in [-0.3, -0.25) is 9.69 Å². The maximum absolute atomic E-state index is 13.5. The Balaban J connectivity index is 1.10. The van der Waals surface area contributed by atoms with Crippen molar-refractivity contribution in [3.8, 4) is 0 Å². The van der Waals surface area contributed by atoms with Crippen LogP contribution < -0.4 is 4.90 Å². The second-order valence-electron chi connectivity index (χ2n) is 9.78. The number of likely N-dealkylation sites (tertiary alicyclic amines) is 1. The fraction of sp³-hybridized carbons (Fsp3) is 0.500. The lowest BCUT2D eigenvalue weighted by Gasteiger charge is -2.39. The van der Waals surface area contributed by atoms with Gasteiger partial charge in [0.05, 0.1) is 5.52 Å². The number of carbonyl (C=O) groups is 1. The number of amides is 1. The molecule has 1 aliphatic carbocycles. The van der Waals surface area contributed by atoms with Crippen LogP contribution in [0.2, 0.25) is 0 Å². The number of nitrogens with zero attached hydrogens (tertiary/aromatic N) is 6. The van der Waals surface area contributed by atoms with Crippen molar-refractivity contribution >= 4 is 17.2 Å². The van der Waals surface area contributed by atoms with Crippen LogP contribution in [0.5, 0.6) is 0 Å². The fourth-order valence-electron chi connectivity index (χ4n) is 5.46. The molecule has 3 fully saturated rings. The number of piperazine rings is 1. The van der Waals surface area contributed by atoms with Gasteiger partial charge in [0.15, 0.2) is 5.69 Å². The number of hydrogen-bond acceptors (Lipinski definition) is 5. The molecule has 3 aromatic heterocycles. The standard InChI is InChI=1S/C26H32N6O/c33-26(24-22-7-2-4-13-32(22)25(28-24)21-9-10-21)31-12-5-6-20(19-31)18-29-14-16-30(17-15-29)23-8-1-3-11-27-23/h1-4,7-8,11,13,20-21H,5-6,9-10,12,14-19H2. The van der Waals surface area contributed by atoms with Crippen LogP contribution >= 0.6 is 0 Å². The van der Waals surface area contributed by atoms with Crippen LogP contribution in [0.25, 0.3) is 5.52 Å². The number of fused-ring (bicyclic) bond motifs is 1. The predicted octanol–water partition coefficient (Wildman–Crippen LogP) is 3.28. The van der Waals surface area contributed by atoms with E-state index in [2.05, 4.69) is 42.4 Å². The Morgan fingerprint density at radius 3 is 2.61 bits per heavy atom. The lowest BCUT2D eigenvalue weighted by Crippen LogP contribution is -2.50. The molecule has 3 aliphatic rings. The van der Waals surface area contributed by atoms with E-state index in [4.69, 9.17) is 4.98 Å². The zero-order chi connectivity index (χ0) is 22.2. The molecule has 0 radical (unpaired) electrons. The van der Waals surface area contributed by atoms with E-state index in [-0.39, 0.29) is 5.91 Å². The molecule has 7 nitrogen and oxygen atoms in total. The number of carbonyl (C=O) groups excluding carboxylic acids is 1.